The molecule has 0 aromatic heterocycles. The van der Waals surface area contributed by atoms with Crippen molar-refractivity contribution in [2.45, 2.75) is 64.7 Å². The summed E-state index contributed by atoms with van der Waals surface area (Å²) in [6, 6.07) is 0. The molecule has 0 saturated carbocycles. The predicted octanol–water partition coefficient (Wildman–Crippen LogP) is 2.99. The van der Waals surface area contributed by atoms with Gasteiger partial charge in [0.15, 0.2) is 0 Å². The molecule has 4 heteroatoms. The number of hydrogen-bond donors (Lipinski definition) is 3. The van der Waals surface area contributed by atoms with Crippen LogP contribution >= 0.6 is 0 Å². The SMILES string of the molecule is CCCCCCCCCCC=NC(=N)NN. The smallest absolute Gasteiger partial charge is 0.229 e. The Kier molecular flexibility index (Phi) is 11.5. The largest absolute Gasteiger partial charge is 0.293 e. The second kappa shape index (κ2) is 12.2. The van der Waals surface area contributed by atoms with Crippen LogP contribution in [0.3, 0.4) is 0 Å². The zero-order valence-electron chi connectivity index (χ0n) is 10.5. The molecule has 0 aliphatic rings. The Morgan fingerprint density at radius 1 is 1.12 bits per heavy atom. The Morgan fingerprint density at radius 2 is 1.69 bits per heavy atom. The van der Waals surface area contributed by atoms with E-state index in [1.165, 1.54) is 44.9 Å². The molecular weight excluding hydrogens is 200 g/mol. The van der Waals surface area contributed by atoms with E-state index in [0.717, 1.165) is 12.8 Å². The highest BCUT2D eigenvalue weighted by atomic mass is 15.3. The molecule has 94 valence electrons. The summed E-state index contributed by atoms with van der Waals surface area (Å²) in [5.41, 5.74) is 2.18. The van der Waals surface area contributed by atoms with Crippen molar-refractivity contribution in [1.82, 2.24) is 5.43 Å². The van der Waals surface area contributed by atoms with E-state index in [1.54, 1.807) is 6.21 Å². The van der Waals surface area contributed by atoms with E-state index >= 15 is 0 Å². The van der Waals surface area contributed by atoms with Gasteiger partial charge in [-0.05, 0) is 12.8 Å². The minimum absolute atomic E-state index is 0.0274. The molecule has 4 nitrogen and oxygen atoms in total. The number of rotatable bonds is 9. The van der Waals surface area contributed by atoms with Gasteiger partial charge in [0.1, 0.15) is 0 Å². The molecule has 0 aliphatic heterocycles. The highest BCUT2D eigenvalue weighted by molar-refractivity contribution is 5.84. The maximum atomic E-state index is 7.11. The number of nitrogens with two attached hydrogens (primary N) is 1. The summed E-state index contributed by atoms with van der Waals surface area (Å²) < 4.78 is 0. The van der Waals surface area contributed by atoms with Gasteiger partial charge in [-0.25, -0.2) is 10.8 Å². The molecule has 0 radical (unpaired) electrons. The van der Waals surface area contributed by atoms with Crippen LogP contribution < -0.4 is 11.3 Å². The molecule has 4 N–H and O–H groups in total. The standard InChI is InChI=1S/C12H26N4/c1-2-3-4-5-6-7-8-9-10-11-15-12(13)16-14/h11H,2-10,14H2,1H3,(H2,13,16). The summed E-state index contributed by atoms with van der Waals surface area (Å²) >= 11 is 0. The first-order valence-corrected chi connectivity index (χ1v) is 6.39. The lowest BCUT2D eigenvalue weighted by Crippen LogP contribution is -2.27. The van der Waals surface area contributed by atoms with E-state index in [9.17, 15) is 0 Å². The lowest BCUT2D eigenvalue weighted by Gasteiger charge is -1.99. The third kappa shape index (κ3) is 11.2. The second-order valence-electron chi connectivity index (χ2n) is 4.07. The van der Waals surface area contributed by atoms with Crippen LogP contribution in [0.1, 0.15) is 64.7 Å². The van der Waals surface area contributed by atoms with Crippen LogP contribution in [-0.2, 0) is 0 Å². The first-order chi connectivity index (χ1) is 7.81. The Morgan fingerprint density at radius 3 is 2.25 bits per heavy atom. The fourth-order valence-corrected chi connectivity index (χ4v) is 1.56. The van der Waals surface area contributed by atoms with Gasteiger partial charge >= 0.3 is 0 Å². The molecule has 0 spiro atoms. The average Bonchev–Trinajstić information content (AvgIpc) is 2.31. The topological polar surface area (TPSA) is 74.3 Å². The molecule has 0 saturated heterocycles. The summed E-state index contributed by atoms with van der Waals surface area (Å²) in [7, 11) is 0. The van der Waals surface area contributed by atoms with E-state index in [1.807, 2.05) is 0 Å². The van der Waals surface area contributed by atoms with Crippen LogP contribution in [0.25, 0.3) is 0 Å². The van der Waals surface area contributed by atoms with Crippen LogP contribution in [0, 0.1) is 5.41 Å². The maximum Gasteiger partial charge on any atom is 0.229 e. The van der Waals surface area contributed by atoms with Crippen molar-refractivity contribution in [2.24, 2.45) is 10.8 Å². The number of hydrazine groups is 1. The summed E-state index contributed by atoms with van der Waals surface area (Å²) in [6.07, 6.45) is 13.3. The summed E-state index contributed by atoms with van der Waals surface area (Å²) in [6.45, 7) is 2.24. The van der Waals surface area contributed by atoms with Crippen LogP contribution in [0.15, 0.2) is 4.99 Å². The lowest BCUT2D eigenvalue weighted by molar-refractivity contribution is 0.581. The van der Waals surface area contributed by atoms with Crippen LogP contribution in [0.4, 0.5) is 0 Å². The normalized spacial score (nSPS) is 10.9. The van der Waals surface area contributed by atoms with Crippen molar-refractivity contribution in [3.05, 3.63) is 0 Å². The van der Waals surface area contributed by atoms with Gasteiger partial charge < -0.3 is 0 Å². The Labute approximate surface area is 99.2 Å². The lowest BCUT2D eigenvalue weighted by atomic mass is 10.1. The van der Waals surface area contributed by atoms with Crippen molar-refractivity contribution in [3.8, 4) is 0 Å². The molecule has 0 unspecified atom stereocenters. The monoisotopic (exact) mass is 226 g/mol. The third-order valence-corrected chi connectivity index (χ3v) is 2.54. The highest BCUT2D eigenvalue weighted by Crippen LogP contribution is 2.08. The van der Waals surface area contributed by atoms with Crippen molar-refractivity contribution < 1.29 is 0 Å². The van der Waals surface area contributed by atoms with Gasteiger partial charge in [0.05, 0.1) is 0 Å². The van der Waals surface area contributed by atoms with E-state index in [-0.39, 0.29) is 5.96 Å². The molecule has 0 bridgehead atoms. The van der Waals surface area contributed by atoms with E-state index in [0.29, 0.717) is 0 Å². The Bertz CT molecular complexity index is 189. The maximum absolute atomic E-state index is 7.11. The number of aliphatic imine (C=N–C) groups is 1. The molecule has 0 aromatic carbocycles. The third-order valence-electron chi connectivity index (χ3n) is 2.54. The molecule has 0 atom stereocenters. The predicted molar refractivity (Wildman–Crippen MR) is 70.8 cm³/mol. The van der Waals surface area contributed by atoms with Crippen LogP contribution in [0.5, 0.6) is 0 Å². The minimum Gasteiger partial charge on any atom is -0.293 e. The van der Waals surface area contributed by atoms with Gasteiger partial charge in [0.25, 0.3) is 0 Å². The number of hydrogen-bond acceptors (Lipinski definition) is 2. The highest BCUT2D eigenvalue weighted by Gasteiger charge is 1.90. The Balaban J connectivity index is 3.09. The summed E-state index contributed by atoms with van der Waals surface area (Å²) in [5.74, 6) is 5.03. The van der Waals surface area contributed by atoms with Crippen molar-refractivity contribution in [3.63, 3.8) is 0 Å². The Hall–Kier alpha value is -0.900. The van der Waals surface area contributed by atoms with Crippen molar-refractivity contribution >= 4 is 12.2 Å². The van der Waals surface area contributed by atoms with Crippen molar-refractivity contribution in [2.75, 3.05) is 0 Å². The van der Waals surface area contributed by atoms with Crippen LogP contribution in [0.2, 0.25) is 0 Å². The zero-order valence-corrected chi connectivity index (χ0v) is 10.5. The average molecular weight is 226 g/mol. The van der Waals surface area contributed by atoms with Gasteiger partial charge in [-0.3, -0.25) is 10.8 Å². The molecule has 0 fully saturated rings. The van der Waals surface area contributed by atoms with E-state index < -0.39 is 0 Å². The molecule has 0 amide bonds. The number of guanidine groups is 1. The van der Waals surface area contributed by atoms with Crippen LogP contribution in [-0.4, -0.2) is 12.2 Å². The van der Waals surface area contributed by atoms with Gasteiger partial charge in [-0.1, -0.05) is 51.9 Å². The fraction of sp³-hybridized carbons (Fsp3) is 0.833. The minimum atomic E-state index is 0.0274. The second-order valence-corrected chi connectivity index (χ2v) is 4.07. The summed E-state index contributed by atoms with van der Waals surface area (Å²) in [5, 5.41) is 7.11. The molecule has 0 rings (SSSR count). The molecule has 0 heterocycles. The molecular formula is C12H26N4. The molecule has 0 aliphatic carbocycles. The summed E-state index contributed by atoms with van der Waals surface area (Å²) in [4.78, 5) is 3.82. The van der Waals surface area contributed by atoms with Gasteiger partial charge in [0.2, 0.25) is 5.96 Å². The van der Waals surface area contributed by atoms with E-state index in [4.69, 9.17) is 11.3 Å². The first kappa shape index (κ1) is 15.1. The van der Waals surface area contributed by atoms with E-state index in [2.05, 4.69) is 17.3 Å². The van der Waals surface area contributed by atoms with Crippen molar-refractivity contribution in [1.29, 1.82) is 5.41 Å². The number of nitrogens with one attached hydrogen (secondary N) is 2. The quantitative estimate of drug-likeness (QED) is 0.186. The first-order valence-electron chi connectivity index (χ1n) is 6.39. The van der Waals surface area contributed by atoms with Gasteiger partial charge in [-0.15, -0.1) is 0 Å². The molecule has 0 aromatic rings. The van der Waals surface area contributed by atoms with Gasteiger partial charge in [-0.2, -0.15) is 0 Å². The molecule has 16 heavy (non-hydrogen) atoms. The zero-order chi connectivity index (χ0) is 12.1. The number of unbranched alkanes of at least 4 members (excludes halogenated alkanes) is 8. The van der Waals surface area contributed by atoms with Gasteiger partial charge in [0, 0.05) is 6.21 Å². The fourth-order valence-electron chi connectivity index (χ4n) is 1.56. The number of nitrogens with zero attached hydrogens (tertiary/aromatic N) is 1.